The molecule has 2 rings (SSSR count). The summed E-state index contributed by atoms with van der Waals surface area (Å²) in [6.07, 6.45) is 1.25. The van der Waals surface area contributed by atoms with Crippen LogP contribution in [-0.4, -0.2) is 30.3 Å². The summed E-state index contributed by atoms with van der Waals surface area (Å²) >= 11 is 5.53. The van der Waals surface area contributed by atoms with E-state index in [4.69, 9.17) is 11.6 Å². The maximum atomic E-state index is 12.9. The fraction of sp³-hybridized carbons (Fsp3) is 0.429. The lowest BCUT2D eigenvalue weighted by Crippen LogP contribution is -2.37. The fourth-order valence-electron chi connectivity index (χ4n) is 2.20. The molecule has 4 nitrogen and oxygen atoms in total. The minimum absolute atomic E-state index is 0.0701. The van der Waals surface area contributed by atoms with E-state index in [2.05, 4.69) is 5.32 Å². The van der Waals surface area contributed by atoms with Crippen LogP contribution in [0.1, 0.15) is 19.3 Å². The molecule has 1 fully saturated rings. The predicted molar refractivity (Wildman–Crippen MR) is 75.3 cm³/mol. The molecule has 1 aromatic carbocycles. The summed E-state index contributed by atoms with van der Waals surface area (Å²) in [5.74, 6) is -0.0615. The molecular weight excluding hydrogens is 283 g/mol. The average Bonchev–Trinajstić information content (AvgIpc) is 2.78. The summed E-state index contributed by atoms with van der Waals surface area (Å²) in [5.41, 5.74) is 0.647. The third-order valence-corrected chi connectivity index (χ3v) is 3.43. The monoisotopic (exact) mass is 298 g/mol. The first-order chi connectivity index (χ1) is 9.60. The van der Waals surface area contributed by atoms with Crippen molar-refractivity contribution in [2.45, 2.75) is 25.3 Å². The average molecular weight is 299 g/mol. The van der Waals surface area contributed by atoms with Gasteiger partial charge in [-0.15, -0.1) is 11.6 Å². The molecule has 0 bridgehead atoms. The molecule has 2 amide bonds. The summed E-state index contributed by atoms with van der Waals surface area (Å²) < 4.78 is 12.9. The van der Waals surface area contributed by atoms with E-state index in [0.717, 1.165) is 0 Å². The molecule has 0 radical (unpaired) electrons. The van der Waals surface area contributed by atoms with Gasteiger partial charge in [-0.25, -0.2) is 4.39 Å². The van der Waals surface area contributed by atoms with Gasteiger partial charge in [-0.1, -0.05) is 0 Å². The van der Waals surface area contributed by atoms with Crippen molar-refractivity contribution >= 4 is 29.1 Å². The minimum atomic E-state index is -0.341. The number of halogens is 2. The Bertz CT molecular complexity index is 492. The number of alkyl halides is 1. The van der Waals surface area contributed by atoms with Crippen LogP contribution in [0.25, 0.3) is 0 Å². The summed E-state index contributed by atoms with van der Waals surface area (Å²) in [5, 5.41) is 2.82. The van der Waals surface area contributed by atoms with Gasteiger partial charge in [-0.3, -0.25) is 9.59 Å². The third kappa shape index (κ3) is 3.70. The molecule has 1 unspecified atom stereocenters. The first-order valence-electron chi connectivity index (χ1n) is 6.51. The predicted octanol–water partition coefficient (Wildman–Crippen LogP) is 2.07. The van der Waals surface area contributed by atoms with Crippen LogP contribution in [0.4, 0.5) is 10.1 Å². The van der Waals surface area contributed by atoms with E-state index < -0.39 is 0 Å². The number of benzene rings is 1. The summed E-state index contributed by atoms with van der Waals surface area (Å²) in [6, 6.07) is 5.55. The van der Waals surface area contributed by atoms with Gasteiger partial charge < -0.3 is 10.2 Å². The van der Waals surface area contributed by atoms with Gasteiger partial charge in [0.2, 0.25) is 11.8 Å². The molecule has 1 saturated heterocycles. The Morgan fingerprint density at radius 3 is 2.75 bits per heavy atom. The smallest absolute Gasteiger partial charge is 0.229 e. The Balaban J connectivity index is 1.93. The number of hydrogen-bond donors (Lipinski definition) is 1. The Morgan fingerprint density at radius 2 is 2.10 bits per heavy atom. The van der Waals surface area contributed by atoms with Gasteiger partial charge in [0.25, 0.3) is 0 Å². The number of nitrogens with zero attached hydrogens (tertiary/aromatic N) is 1. The highest BCUT2D eigenvalue weighted by Crippen LogP contribution is 2.21. The normalized spacial score (nSPS) is 18.4. The second kappa shape index (κ2) is 6.70. The molecule has 1 aliphatic heterocycles. The number of rotatable bonds is 5. The molecule has 1 aliphatic rings. The maximum absolute atomic E-state index is 12.9. The van der Waals surface area contributed by atoms with Gasteiger partial charge in [0.15, 0.2) is 0 Å². The van der Waals surface area contributed by atoms with Gasteiger partial charge in [0, 0.05) is 31.0 Å². The highest BCUT2D eigenvalue weighted by atomic mass is 35.5. The Kier molecular flexibility index (Phi) is 4.95. The topological polar surface area (TPSA) is 49.4 Å². The second-order valence-electron chi connectivity index (χ2n) is 4.74. The van der Waals surface area contributed by atoms with Crippen molar-refractivity contribution in [1.29, 1.82) is 0 Å². The fourth-order valence-corrected chi connectivity index (χ4v) is 2.34. The molecule has 1 heterocycles. The molecule has 0 aromatic heterocycles. The Morgan fingerprint density at radius 1 is 1.40 bits per heavy atom. The first-order valence-corrected chi connectivity index (χ1v) is 7.05. The quantitative estimate of drug-likeness (QED) is 0.846. The van der Waals surface area contributed by atoms with E-state index in [1.807, 2.05) is 0 Å². The van der Waals surface area contributed by atoms with Gasteiger partial charge in [0.1, 0.15) is 5.82 Å². The molecule has 0 aliphatic carbocycles. The molecule has 1 atom stereocenters. The maximum Gasteiger partial charge on any atom is 0.229 e. The number of hydrogen-bond acceptors (Lipinski definition) is 2. The van der Waals surface area contributed by atoms with E-state index in [-0.39, 0.29) is 30.1 Å². The van der Waals surface area contributed by atoms with Gasteiger partial charge in [0.05, 0.1) is 6.04 Å². The third-order valence-electron chi connectivity index (χ3n) is 3.17. The van der Waals surface area contributed by atoms with E-state index in [1.165, 1.54) is 12.1 Å². The molecular formula is C14H16ClFN2O2. The molecule has 0 saturated carbocycles. The number of carbonyl (C=O) groups is 2. The standard InChI is InChI=1S/C14H16ClFN2O2/c15-7-1-2-13(19)17-11-8-14(20)18(9-11)12-5-3-10(16)4-6-12/h3-6,11H,1-2,7-9H2,(H,17,19). The van der Waals surface area contributed by atoms with E-state index in [0.29, 0.717) is 31.0 Å². The van der Waals surface area contributed by atoms with E-state index in [9.17, 15) is 14.0 Å². The second-order valence-corrected chi connectivity index (χ2v) is 5.12. The van der Waals surface area contributed by atoms with Gasteiger partial charge in [-0.05, 0) is 30.7 Å². The van der Waals surface area contributed by atoms with Gasteiger partial charge in [-0.2, -0.15) is 0 Å². The van der Waals surface area contributed by atoms with Crippen LogP contribution in [0.3, 0.4) is 0 Å². The molecule has 108 valence electrons. The zero-order valence-corrected chi connectivity index (χ0v) is 11.7. The van der Waals surface area contributed by atoms with E-state index in [1.54, 1.807) is 17.0 Å². The van der Waals surface area contributed by atoms with Crippen LogP contribution >= 0.6 is 11.6 Å². The molecule has 0 spiro atoms. The summed E-state index contributed by atoms with van der Waals surface area (Å²) in [6.45, 7) is 0.414. The van der Waals surface area contributed by atoms with Crippen LogP contribution < -0.4 is 10.2 Å². The number of anilines is 1. The minimum Gasteiger partial charge on any atom is -0.351 e. The number of amides is 2. The highest BCUT2D eigenvalue weighted by molar-refractivity contribution is 6.17. The van der Waals surface area contributed by atoms with Crippen LogP contribution in [0.2, 0.25) is 0 Å². The van der Waals surface area contributed by atoms with Crippen LogP contribution in [0.5, 0.6) is 0 Å². The summed E-state index contributed by atoms with van der Waals surface area (Å²) in [4.78, 5) is 25.1. The molecule has 20 heavy (non-hydrogen) atoms. The molecule has 1 aromatic rings. The van der Waals surface area contributed by atoms with Crippen molar-refractivity contribution in [2.24, 2.45) is 0 Å². The van der Waals surface area contributed by atoms with E-state index >= 15 is 0 Å². The lowest BCUT2D eigenvalue weighted by Gasteiger charge is -2.17. The first kappa shape index (κ1) is 14.8. The Labute approximate surface area is 121 Å². The van der Waals surface area contributed by atoms with Crippen molar-refractivity contribution < 1.29 is 14.0 Å². The van der Waals surface area contributed by atoms with Crippen LogP contribution in [0.15, 0.2) is 24.3 Å². The largest absolute Gasteiger partial charge is 0.351 e. The Hall–Kier alpha value is -1.62. The number of nitrogens with one attached hydrogen (secondary N) is 1. The van der Waals surface area contributed by atoms with Crippen LogP contribution in [0, 0.1) is 5.82 Å². The highest BCUT2D eigenvalue weighted by Gasteiger charge is 2.31. The van der Waals surface area contributed by atoms with Crippen molar-refractivity contribution in [2.75, 3.05) is 17.3 Å². The van der Waals surface area contributed by atoms with Crippen molar-refractivity contribution in [3.8, 4) is 0 Å². The van der Waals surface area contributed by atoms with Crippen molar-refractivity contribution in [1.82, 2.24) is 5.32 Å². The lowest BCUT2D eigenvalue weighted by atomic mass is 10.2. The molecule has 1 N–H and O–H groups in total. The molecule has 6 heteroatoms. The number of carbonyl (C=O) groups excluding carboxylic acids is 2. The lowest BCUT2D eigenvalue weighted by molar-refractivity contribution is -0.121. The summed E-state index contributed by atoms with van der Waals surface area (Å²) in [7, 11) is 0. The zero-order chi connectivity index (χ0) is 14.5. The SMILES string of the molecule is O=C(CCCCl)NC1CC(=O)N(c2ccc(F)cc2)C1. The zero-order valence-electron chi connectivity index (χ0n) is 10.9. The van der Waals surface area contributed by atoms with Crippen LogP contribution in [-0.2, 0) is 9.59 Å². The van der Waals surface area contributed by atoms with Crippen molar-refractivity contribution in [3.63, 3.8) is 0 Å². The van der Waals surface area contributed by atoms with Crippen molar-refractivity contribution in [3.05, 3.63) is 30.1 Å². The van der Waals surface area contributed by atoms with Gasteiger partial charge >= 0.3 is 0 Å².